The average molecular weight is 241 g/mol. The number of aliphatic hydroxyl groups is 2. The standard InChI is InChI=1S/C14H27NO2/c15-10-14(9-5-4-8-13(14)17)11-6-2-1-3-7-12(11)16/h11-13,16-17H,1-10,15H2. The lowest BCUT2D eigenvalue weighted by Crippen LogP contribution is -2.52. The molecule has 2 aliphatic rings. The van der Waals surface area contributed by atoms with Crippen LogP contribution in [-0.4, -0.2) is 29.0 Å². The number of aliphatic hydroxyl groups excluding tert-OH is 2. The number of rotatable bonds is 2. The van der Waals surface area contributed by atoms with E-state index in [1.54, 1.807) is 0 Å². The first kappa shape index (κ1) is 13.3. The van der Waals surface area contributed by atoms with E-state index in [4.69, 9.17) is 5.73 Å². The Balaban J connectivity index is 2.19. The molecular weight excluding hydrogens is 214 g/mol. The lowest BCUT2D eigenvalue weighted by atomic mass is 9.61. The van der Waals surface area contributed by atoms with Crippen molar-refractivity contribution >= 4 is 0 Å². The molecule has 2 aliphatic carbocycles. The molecule has 2 saturated carbocycles. The first-order chi connectivity index (χ1) is 8.20. The van der Waals surface area contributed by atoms with Crippen LogP contribution in [0.4, 0.5) is 0 Å². The van der Waals surface area contributed by atoms with E-state index < -0.39 is 0 Å². The van der Waals surface area contributed by atoms with Crippen molar-refractivity contribution in [2.45, 2.75) is 70.0 Å². The highest BCUT2D eigenvalue weighted by molar-refractivity contribution is 4.98. The summed E-state index contributed by atoms with van der Waals surface area (Å²) >= 11 is 0. The minimum Gasteiger partial charge on any atom is -0.393 e. The third kappa shape index (κ3) is 2.51. The molecule has 0 radical (unpaired) electrons. The van der Waals surface area contributed by atoms with Crippen molar-refractivity contribution in [2.24, 2.45) is 17.1 Å². The van der Waals surface area contributed by atoms with Crippen molar-refractivity contribution in [1.82, 2.24) is 0 Å². The van der Waals surface area contributed by atoms with Crippen LogP contribution in [0.2, 0.25) is 0 Å². The molecule has 2 fully saturated rings. The van der Waals surface area contributed by atoms with E-state index >= 15 is 0 Å². The highest BCUT2D eigenvalue weighted by Gasteiger charge is 2.47. The van der Waals surface area contributed by atoms with Crippen molar-refractivity contribution in [3.05, 3.63) is 0 Å². The Morgan fingerprint density at radius 1 is 0.941 bits per heavy atom. The second-order valence-corrected chi connectivity index (χ2v) is 6.01. The quantitative estimate of drug-likeness (QED) is 0.646. The molecular formula is C14H27NO2. The van der Waals surface area contributed by atoms with Crippen LogP contribution in [0.1, 0.15) is 57.8 Å². The van der Waals surface area contributed by atoms with Crippen LogP contribution >= 0.6 is 0 Å². The molecule has 0 spiro atoms. The van der Waals surface area contributed by atoms with Crippen molar-refractivity contribution in [1.29, 1.82) is 0 Å². The molecule has 0 bridgehead atoms. The van der Waals surface area contributed by atoms with Gasteiger partial charge in [-0.3, -0.25) is 0 Å². The fourth-order valence-corrected chi connectivity index (χ4v) is 4.03. The Morgan fingerprint density at radius 3 is 2.35 bits per heavy atom. The lowest BCUT2D eigenvalue weighted by Gasteiger charge is -2.48. The zero-order chi connectivity index (χ0) is 12.3. The molecule has 4 N–H and O–H groups in total. The van der Waals surface area contributed by atoms with Crippen molar-refractivity contribution in [2.75, 3.05) is 6.54 Å². The lowest BCUT2D eigenvalue weighted by molar-refractivity contribution is -0.0884. The molecule has 2 rings (SSSR count). The van der Waals surface area contributed by atoms with Gasteiger partial charge >= 0.3 is 0 Å². The molecule has 4 unspecified atom stereocenters. The summed E-state index contributed by atoms with van der Waals surface area (Å²) in [5, 5.41) is 20.7. The summed E-state index contributed by atoms with van der Waals surface area (Å²) in [6, 6.07) is 0. The van der Waals surface area contributed by atoms with E-state index in [0.29, 0.717) is 6.54 Å². The third-order valence-corrected chi connectivity index (χ3v) is 5.13. The van der Waals surface area contributed by atoms with Gasteiger partial charge in [-0.25, -0.2) is 0 Å². The molecule has 3 nitrogen and oxygen atoms in total. The molecule has 0 aromatic rings. The maximum absolute atomic E-state index is 10.4. The van der Waals surface area contributed by atoms with Crippen LogP contribution in [0.5, 0.6) is 0 Å². The van der Waals surface area contributed by atoms with Crippen molar-refractivity contribution < 1.29 is 10.2 Å². The molecule has 0 aromatic carbocycles. The van der Waals surface area contributed by atoms with Crippen LogP contribution < -0.4 is 5.73 Å². The molecule has 0 aliphatic heterocycles. The van der Waals surface area contributed by atoms with E-state index in [-0.39, 0.29) is 23.5 Å². The van der Waals surface area contributed by atoms with Crippen LogP contribution in [0, 0.1) is 11.3 Å². The van der Waals surface area contributed by atoms with E-state index in [0.717, 1.165) is 44.9 Å². The predicted octanol–water partition coefficient (Wildman–Crippen LogP) is 1.81. The minimum absolute atomic E-state index is 0.206. The molecule has 0 amide bonds. The second-order valence-electron chi connectivity index (χ2n) is 6.01. The van der Waals surface area contributed by atoms with E-state index in [1.165, 1.54) is 12.8 Å². The van der Waals surface area contributed by atoms with Gasteiger partial charge in [0.15, 0.2) is 0 Å². The minimum atomic E-state index is -0.306. The first-order valence-corrected chi connectivity index (χ1v) is 7.27. The molecule has 4 atom stereocenters. The van der Waals surface area contributed by atoms with Gasteiger partial charge in [-0.05, 0) is 31.6 Å². The summed E-state index contributed by atoms with van der Waals surface area (Å²) in [6.07, 6.45) is 8.98. The summed E-state index contributed by atoms with van der Waals surface area (Å²) < 4.78 is 0. The Kier molecular flexibility index (Phi) is 4.45. The van der Waals surface area contributed by atoms with Gasteiger partial charge in [0.2, 0.25) is 0 Å². The molecule has 0 aromatic heterocycles. The molecule has 0 heterocycles. The highest BCUT2D eigenvalue weighted by atomic mass is 16.3. The summed E-state index contributed by atoms with van der Waals surface area (Å²) in [7, 11) is 0. The third-order valence-electron chi connectivity index (χ3n) is 5.13. The number of hydrogen-bond acceptors (Lipinski definition) is 3. The highest BCUT2D eigenvalue weighted by Crippen LogP contribution is 2.47. The number of hydrogen-bond donors (Lipinski definition) is 3. The Hall–Kier alpha value is -0.120. The largest absolute Gasteiger partial charge is 0.393 e. The van der Waals surface area contributed by atoms with Crippen LogP contribution in [0.15, 0.2) is 0 Å². The fraction of sp³-hybridized carbons (Fsp3) is 1.00. The van der Waals surface area contributed by atoms with E-state index in [1.807, 2.05) is 0 Å². The number of nitrogens with two attached hydrogens (primary N) is 1. The van der Waals surface area contributed by atoms with Crippen molar-refractivity contribution in [3.8, 4) is 0 Å². The zero-order valence-electron chi connectivity index (χ0n) is 10.8. The van der Waals surface area contributed by atoms with Crippen molar-refractivity contribution in [3.63, 3.8) is 0 Å². The summed E-state index contributed by atoms with van der Waals surface area (Å²) in [6.45, 7) is 0.524. The van der Waals surface area contributed by atoms with Gasteiger partial charge in [-0.1, -0.05) is 32.1 Å². The molecule has 17 heavy (non-hydrogen) atoms. The van der Waals surface area contributed by atoms with Gasteiger partial charge in [0.1, 0.15) is 0 Å². The Morgan fingerprint density at radius 2 is 1.65 bits per heavy atom. The zero-order valence-corrected chi connectivity index (χ0v) is 10.8. The maximum Gasteiger partial charge on any atom is 0.0612 e. The first-order valence-electron chi connectivity index (χ1n) is 7.27. The van der Waals surface area contributed by atoms with Gasteiger partial charge in [0, 0.05) is 12.0 Å². The van der Waals surface area contributed by atoms with Crippen LogP contribution in [0.3, 0.4) is 0 Å². The topological polar surface area (TPSA) is 66.5 Å². The average Bonchev–Trinajstić information content (AvgIpc) is 2.56. The predicted molar refractivity (Wildman–Crippen MR) is 68.5 cm³/mol. The Bertz CT molecular complexity index is 246. The molecule has 3 heteroatoms. The van der Waals surface area contributed by atoms with Crippen LogP contribution in [0.25, 0.3) is 0 Å². The van der Waals surface area contributed by atoms with Gasteiger partial charge in [0.25, 0.3) is 0 Å². The van der Waals surface area contributed by atoms with E-state index in [9.17, 15) is 10.2 Å². The Labute approximate surface area is 104 Å². The monoisotopic (exact) mass is 241 g/mol. The summed E-state index contributed by atoms with van der Waals surface area (Å²) in [5.41, 5.74) is 5.80. The summed E-state index contributed by atoms with van der Waals surface area (Å²) in [5.74, 6) is 0.213. The summed E-state index contributed by atoms with van der Waals surface area (Å²) in [4.78, 5) is 0. The normalized spacial score (nSPS) is 44.3. The molecule has 100 valence electrons. The fourth-order valence-electron chi connectivity index (χ4n) is 4.03. The van der Waals surface area contributed by atoms with Gasteiger partial charge in [-0.2, -0.15) is 0 Å². The maximum atomic E-state index is 10.4. The van der Waals surface area contributed by atoms with Gasteiger partial charge in [0.05, 0.1) is 12.2 Å². The second kappa shape index (κ2) is 5.68. The van der Waals surface area contributed by atoms with Crippen LogP contribution in [-0.2, 0) is 0 Å². The van der Waals surface area contributed by atoms with Gasteiger partial charge < -0.3 is 15.9 Å². The van der Waals surface area contributed by atoms with E-state index in [2.05, 4.69) is 0 Å². The molecule has 0 saturated heterocycles. The SMILES string of the molecule is NCC1(C2CCCCCC2O)CCCCC1O. The van der Waals surface area contributed by atoms with Gasteiger partial charge in [-0.15, -0.1) is 0 Å². The smallest absolute Gasteiger partial charge is 0.0612 e.